The highest BCUT2D eigenvalue weighted by Gasteiger charge is 2.05. The molecule has 15 heavy (non-hydrogen) atoms. The van der Waals surface area contributed by atoms with Crippen molar-refractivity contribution >= 4 is 5.69 Å². The number of hydrogen-bond acceptors (Lipinski definition) is 3. The molecule has 0 aromatic carbocycles. The smallest absolute Gasteiger partial charge is 0.113 e. The predicted octanol–water partition coefficient (Wildman–Crippen LogP) is 1.47. The third kappa shape index (κ3) is 1.98. The van der Waals surface area contributed by atoms with E-state index in [-0.39, 0.29) is 0 Å². The van der Waals surface area contributed by atoms with Crippen LogP contribution in [0.4, 0.5) is 5.69 Å². The number of nitrogen functional groups attached to an aromatic ring is 1. The van der Waals surface area contributed by atoms with Gasteiger partial charge < -0.3 is 10.3 Å². The molecule has 2 aromatic heterocycles. The van der Waals surface area contributed by atoms with Crippen LogP contribution in [0.15, 0.2) is 30.9 Å². The molecule has 0 radical (unpaired) electrons. The quantitative estimate of drug-likeness (QED) is 0.820. The Morgan fingerprint density at radius 1 is 1.40 bits per heavy atom. The summed E-state index contributed by atoms with van der Waals surface area (Å²) in [5.74, 6) is 1.03. The zero-order valence-corrected chi connectivity index (χ0v) is 8.72. The molecule has 2 heterocycles. The molecule has 0 bridgehead atoms. The molecule has 0 aliphatic rings. The molecular weight excluding hydrogens is 188 g/mol. The topological polar surface area (TPSA) is 56.7 Å². The van der Waals surface area contributed by atoms with Gasteiger partial charge in [0.15, 0.2) is 0 Å². The first-order valence-electron chi connectivity index (χ1n) is 4.99. The van der Waals surface area contributed by atoms with Gasteiger partial charge >= 0.3 is 0 Å². The van der Waals surface area contributed by atoms with Gasteiger partial charge in [-0.05, 0) is 13.0 Å². The van der Waals surface area contributed by atoms with E-state index in [0.29, 0.717) is 0 Å². The Balaban J connectivity index is 2.26. The average Bonchev–Trinajstić information content (AvgIpc) is 2.69. The number of imidazole rings is 1. The minimum Gasteiger partial charge on any atom is -0.398 e. The van der Waals surface area contributed by atoms with E-state index >= 15 is 0 Å². The number of hydrogen-bond donors (Lipinski definition) is 1. The second-order valence-electron chi connectivity index (χ2n) is 3.38. The van der Waals surface area contributed by atoms with Crippen LogP contribution in [0.3, 0.4) is 0 Å². The van der Waals surface area contributed by atoms with E-state index in [4.69, 9.17) is 5.73 Å². The maximum atomic E-state index is 5.85. The van der Waals surface area contributed by atoms with Crippen molar-refractivity contribution in [3.63, 3.8) is 0 Å². The zero-order valence-electron chi connectivity index (χ0n) is 8.72. The summed E-state index contributed by atoms with van der Waals surface area (Å²) in [7, 11) is 0. The standard InChI is InChI=1S/C11H14N4/c1-2-15-6-5-14-11(15)7-9-8-13-4-3-10(9)12/h3-6,8H,2,7H2,1H3,(H2,12,13). The van der Waals surface area contributed by atoms with E-state index in [1.165, 1.54) is 0 Å². The second kappa shape index (κ2) is 4.13. The summed E-state index contributed by atoms with van der Waals surface area (Å²) in [4.78, 5) is 8.37. The molecule has 4 heteroatoms. The van der Waals surface area contributed by atoms with Gasteiger partial charge in [-0.3, -0.25) is 4.98 Å². The lowest BCUT2D eigenvalue weighted by molar-refractivity contribution is 0.712. The van der Waals surface area contributed by atoms with E-state index in [2.05, 4.69) is 21.5 Å². The Kier molecular flexibility index (Phi) is 2.67. The van der Waals surface area contributed by atoms with Gasteiger partial charge in [0, 0.05) is 49.0 Å². The van der Waals surface area contributed by atoms with Gasteiger partial charge in [0.2, 0.25) is 0 Å². The first kappa shape index (κ1) is 9.71. The molecule has 78 valence electrons. The number of aromatic nitrogens is 3. The molecule has 0 fully saturated rings. The van der Waals surface area contributed by atoms with Gasteiger partial charge in [0.1, 0.15) is 5.82 Å². The lowest BCUT2D eigenvalue weighted by Gasteiger charge is -2.06. The van der Waals surface area contributed by atoms with Crippen LogP contribution in [-0.4, -0.2) is 14.5 Å². The van der Waals surface area contributed by atoms with Crippen molar-refractivity contribution in [2.75, 3.05) is 5.73 Å². The fourth-order valence-electron chi connectivity index (χ4n) is 1.55. The highest BCUT2D eigenvalue weighted by Crippen LogP contribution is 2.13. The highest BCUT2D eigenvalue weighted by molar-refractivity contribution is 5.45. The molecule has 0 aliphatic heterocycles. The van der Waals surface area contributed by atoms with Crippen molar-refractivity contribution in [2.24, 2.45) is 0 Å². The molecule has 0 spiro atoms. The number of nitrogens with zero attached hydrogens (tertiary/aromatic N) is 3. The van der Waals surface area contributed by atoms with Crippen molar-refractivity contribution < 1.29 is 0 Å². The Morgan fingerprint density at radius 2 is 2.27 bits per heavy atom. The van der Waals surface area contributed by atoms with Crippen LogP contribution in [0.5, 0.6) is 0 Å². The van der Waals surface area contributed by atoms with E-state index in [0.717, 1.165) is 30.0 Å². The molecule has 0 saturated heterocycles. The molecule has 2 rings (SSSR count). The molecule has 2 N–H and O–H groups in total. The normalized spacial score (nSPS) is 10.5. The van der Waals surface area contributed by atoms with E-state index in [9.17, 15) is 0 Å². The molecule has 0 saturated carbocycles. The summed E-state index contributed by atoms with van der Waals surface area (Å²) in [5, 5.41) is 0. The lowest BCUT2D eigenvalue weighted by atomic mass is 10.1. The summed E-state index contributed by atoms with van der Waals surface area (Å²) in [6, 6.07) is 1.81. The summed E-state index contributed by atoms with van der Waals surface area (Å²) < 4.78 is 2.10. The number of nitrogens with two attached hydrogens (primary N) is 1. The van der Waals surface area contributed by atoms with Gasteiger partial charge in [0.05, 0.1) is 0 Å². The average molecular weight is 202 g/mol. The fraction of sp³-hybridized carbons (Fsp3) is 0.273. The van der Waals surface area contributed by atoms with E-state index in [1.807, 2.05) is 18.5 Å². The summed E-state index contributed by atoms with van der Waals surface area (Å²) in [6.45, 7) is 3.02. The van der Waals surface area contributed by atoms with Gasteiger partial charge in [-0.15, -0.1) is 0 Å². The fourth-order valence-corrected chi connectivity index (χ4v) is 1.55. The summed E-state index contributed by atoms with van der Waals surface area (Å²) in [6.07, 6.45) is 8.02. The maximum absolute atomic E-state index is 5.85. The van der Waals surface area contributed by atoms with Crippen molar-refractivity contribution in [1.82, 2.24) is 14.5 Å². The van der Waals surface area contributed by atoms with Crippen molar-refractivity contribution in [1.29, 1.82) is 0 Å². The van der Waals surface area contributed by atoms with Gasteiger partial charge in [-0.1, -0.05) is 0 Å². The van der Waals surface area contributed by atoms with Crippen molar-refractivity contribution in [3.8, 4) is 0 Å². The molecule has 2 aromatic rings. The van der Waals surface area contributed by atoms with Crippen LogP contribution in [0.1, 0.15) is 18.3 Å². The maximum Gasteiger partial charge on any atom is 0.113 e. The Morgan fingerprint density at radius 3 is 3.00 bits per heavy atom. The van der Waals surface area contributed by atoms with Crippen LogP contribution in [0, 0.1) is 0 Å². The van der Waals surface area contributed by atoms with Crippen molar-refractivity contribution in [2.45, 2.75) is 19.9 Å². The number of anilines is 1. The number of aryl methyl sites for hydroxylation is 1. The largest absolute Gasteiger partial charge is 0.398 e. The second-order valence-corrected chi connectivity index (χ2v) is 3.38. The lowest BCUT2D eigenvalue weighted by Crippen LogP contribution is -2.04. The molecule has 0 aliphatic carbocycles. The Labute approximate surface area is 88.8 Å². The highest BCUT2D eigenvalue weighted by atomic mass is 15.0. The van der Waals surface area contributed by atoms with E-state index in [1.54, 1.807) is 12.4 Å². The SMILES string of the molecule is CCn1ccnc1Cc1cnccc1N. The zero-order chi connectivity index (χ0) is 10.7. The number of pyridine rings is 1. The molecule has 0 amide bonds. The molecule has 4 nitrogen and oxygen atoms in total. The minimum absolute atomic E-state index is 0.737. The first-order valence-corrected chi connectivity index (χ1v) is 4.99. The van der Waals surface area contributed by atoms with Crippen LogP contribution in [-0.2, 0) is 13.0 Å². The first-order chi connectivity index (χ1) is 7.31. The van der Waals surface area contributed by atoms with Crippen LogP contribution in [0.2, 0.25) is 0 Å². The molecule has 0 atom stereocenters. The van der Waals surface area contributed by atoms with Gasteiger partial charge in [-0.25, -0.2) is 4.98 Å². The molecular formula is C11H14N4. The van der Waals surface area contributed by atoms with Crippen LogP contribution < -0.4 is 5.73 Å². The Hall–Kier alpha value is -1.84. The predicted molar refractivity (Wildman–Crippen MR) is 59.4 cm³/mol. The van der Waals surface area contributed by atoms with Crippen molar-refractivity contribution in [3.05, 3.63) is 42.2 Å². The third-order valence-electron chi connectivity index (χ3n) is 2.43. The van der Waals surface area contributed by atoms with Crippen LogP contribution in [0.25, 0.3) is 0 Å². The third-order valence-corrected chi connectivity index (χ3v) is 2.43. The monoisotopic (exact) mass is 202 g/mol. The summed E-state index contributed by atoms with van der Waals surface area (Å²) in [5.41, 5.74) is 7.65. The molecule has 0 unspecified atom stereocenters. The van der Waals surface area contributed by atoms with Gasteiger partial charge in [0.25, 0.3) is 0 Å². The minimum atomic E-state index is 0.737. The van der Waals surface area contributed by atoms with Crippen LogP contribution >= 0.6 is 0 Å². The Bertz CT molecular complexity index is 447. The summed E-state index contributed by atoms with van der Waals surface area (Å²) >= 11 is 0. The van der Waals surface area contributed by atoms with Gasteiger partial charge in [-0.2, -0.15) is 0 Å². The van der Waals surface area contributed by atoms with E-state index < -0.39 is 0 Å². The number of rotatable bonds is 3.